The number of aromatic nitrogens is 1. The number of aromatic amines is 1. The molecular formula is C13H14BrN2. The van der Waals surface area contributed by atoms with Gasteiger partial charge in [0.1, 0.15) is 0 Å². The summed E-state index contributed by atoms with van der Waals surface area (Å²) in [5.41, 5.74) is 2.57. The molecule has 0 saturated carbocycles. The minimum Gasteiger partial charge on any atom is -0.361 e. The molecule has 1 aliphatic rings. The molecule has 3 heteroatoms. The van der Waals surface area contributed by atoms with Gasteiger partial charge in [-0.05, 0) is 31.5 Å². The van der Waals surface area contributed by atoms with Gasteiger partial charge in [-0.3, -0.25) is 4.90 Å². The summed E-state index contributed by atoms with van der Waals surface area (Å²) in [6.45, 7) is 0. The molecular weight excluding hydrogens is 264 g/mol. The topological polar surface area (TPSA) is 19.0 Å². The van der Waals surface area contributed by atoms with Crippen molar-refractivity contribution in [2.45, 2.75) is 17.8 Å². The van der Waals surface area contributed by atoms with Gasteiger partial charge in [-0.25, -0.2) is 0 Å². The van der Waals surface area contributed by atoms with E-state index in [1.54, 1.807) is 0 Å². The Morgan fingerprint density at radius 1 is 1.38 bits per heavy atom. The number of para-hydroxylation sites is 1. The molecule has 1 aliphatic heterocycles. The number of likely N-dealkylation sites (tertiary alicyclic amines) is 1. The van der Waals surface area contributed by atoms with Gasteiger partial charge in [-0.1, -0.05) is 34.1 Å². The predicted octanol–water partition coefficient (Wildman–Crippen LogP) is 3.49. The number of H-pyrrole nitrogens is 1. The summed E-state index contributed by atoms with van der Waals surface area (Å²) in [4.78, 5) is 6.15. The van der Waals surface area contributed by atoms with Crippen molar-refractivity contribution in [2.24, 2.45) is 0 Å². The zero-order valence-corrected chi connectivity index (χ0v) is 10.8. The highest BCUT2D eigenvalue weighted by Crippen LogP contribution is 2.38. The average Bonchev–Trinajstić information content (AvgIpc) is 2.85. The highest BCUT2D eigenvalue weighted by atomic mass is 79.9. The van der Waals surface area contributed by atoms with Crippen molar-refractivity contribution in [3.63, 3.8) is 0 Å². The van der Waals surface area contributed by atoms with E-state index in [9.17, 15) is 0 Å². The Balaban J connectivity index is 2.06. The summed E-state index contributed by atoms with van der Waals surface area (Å²) in [6, 6.07) is 9.91. The highest BCUT2D eigenvalue weighted by molar-refractivity contribution is 9.09. The molecule has 0 spiro atoms. The van der Waals surface area contributed by atoms with Gasteiger partial charge in [0.25, 0.3) is 0 Å². The van der Waals surface area contributed by atoms with Crippen LogP contribution in [0.2, 0.25) is 0 Å². The molecule has 1 aromatic carbocycles. The molecule has 3 rings (SSSR count). The first-order chi connectivity index (χ1) is 7.77. The molecule has 1 radical (unpaired) electrons. The molecule has 1 N–H and O–H groups in total. The third-order valence-electron chi connectivity index (χ3n) is 3.37. The third-order valence-corrected chi connectivity index (χ3v) is 4.44. The Morgan fingerprint density at radius 2 is 2.19 bits per heavy atom. The van der Waals surface area contributed by atoms with Gasteiger partial charge in [0, 0.05) is 17.1 Å². The van der Waals surface area contributed by atoms with Gasteiger partial charge >= 0.3 is 0 Å². The smallest absolute Gasteiger partial charge is 0.0717 e. The number of nitrogens with one attached hydrogen (secondary N) is 1. The lowest BCUT2D eigenvalue weighted by molar-refractivity contribution is 0.411. The number of fused-ring (bicyclic) bond motifs is 1. The van der Waals surface area contributed by atoms with E-state index in [0.717, 1.165) is 6.42 Å². The molecule has 1 fully saturated rings. The van der Waals surface area contributed by atoms with Crippen LogP contribution < -0.4 is 0 Å². The van der Waals surface area contributed by atoms with Crippen LogP contribution in [-0.2, 0) is 0 Å². The fourth-order valence-electron chi connectivity index (χ4n) is 2.43. The van der Waals surface area contributed by atoms with E-state index in [2.05, 4.69) is 63.3 Å². The van der Waals surface area contributed by atoms with E-state index in [4.69, 9.17) is 0 Å². The lowest BCUT2D eigenvalue weighted by atomic mass is 10.0. The quantitative estimate of drug-likeness (QED) is 0.625. The molecule has 1 aromatic heterocycles. The van der Waals surface area contributed by atoms with E-state index >= 15 is 0 Å². The molecule has 1 atom stereocenters. The first-order valence-corrected chi connectivity index (χ1v) is 6.48. The minimum atomic E-state index is 0.483. The maximum Gasteiger partial charge on any atom is 0.0717 e. The van der Waals surface area contributed by atoms with Gasteiger partial charge in [0.15, 0.2) is 0 Å². The maximum absolute atomic E-state index is 3.69. The Morgan fingerprint density at radius 3 is 2.94 bits per heavy atom. The fourth-order valence-corrected chi connectivity index (χ4v) is 2.91. The molecule has 1 saturated heterocycles. The van der Waals surface area contributed by atoms with Gasteiger partial charge in [-0.15, -0.1) is 0 Å². The number of hydrogen-bond acceptors (Lipinski definition) is 1. The van der Waals surface area contributed by atoms with E-state index in [1.807, 2.05) is 0 Å². The maximum atomic E-state index is 3.69. The zero-order chi connectivity index (χ0) is 11.1. The standard InChI is InChI=1S/C13H14BrN2/c1-16-12(6-7-13(16)14)10-8-15-11-5-3-2-4-9(10)11/h2-5,8,13,15H,6-7H2,1H3. The van der Waals surface area contributed by atoms with Crippen LogP contribution in [0.25, 0.3) is 10.9 Å². The van der Waals surface area contributed by atoms with E-state index in [-0.39, 0.29) is 0 Å². The minimum absolute atomic E-state index is 0.483. The van der Waals surface area contributed by atoms with Gasteiger partial charge in [-0.2, -0.15) is 0 Å². The Bertz CT molecular complexity index is 505. The SMILES string of the molecule is CN1[C](c2c[nH]c3ccccc23)CCC1Br. The number of benzene rings is 1. The summed E-state index contributed by atoms with van der Waals surface area (Å²) in [5.74, 6) is 0. The second kappa shape index (κ2) is 3.90. The molecule has 2 heterocycles. The number of alkyl halides is 1. The lowest BCUT2D eigenvalue weighted by Gasteiger charge is -2.20. The van der Waals surface area contributed by atoms with Crippen molar-refractivity contribution in [1.82, 2.24) is 9.88 Å². The first-order valence-electron chi connectivity index (χ1n) is 5.56. The molecule has 0 amide bonds. The number of nitrogens with zero attached hydrogens (tertiary/aromatic N) is 1. The van der Waals surface area contributed by atoms with Crippen LogP contribution in [-0.4, -0.2) is 21.9 Å². The zero-order valence-electron chi connectivity index (χ0n) is 9.20. The Kier molecular flexibility index (Phi) is 2.52. The molecule has 1 unspecified atom stereocenters. The highest BCUT2D eigenvalue weighted by Gasteiger charge is 2.31. The van der Waals surface area contributed by atoms with Crippen LogP contribution in [0.15, 0.2) is 30.5 Å². The number of halogens is 1. The van der Waals surface area contributed by atoms with Crippen LogP contribution in [0.1, 0.15) is 18.4 Å². The molecule has 83 valence electrons. The molecule has 2 nitrogen and oxygen atoms in total. The monoisotopic (exact) mass is 277 g/mol. The average molecular weight is 278 g/mol. The normalized spacial score (nSPS) is 23.2. The summed E-state index contributed by atoms with van der Waals surface area (Å²) < 4.78 is 0. The summed E-state index contributed by atoms with van der Waals surface area (Å²) in [5, 5.41) is 1.32. The fraction of sp³-hybridized carbons (Fsp3) is 0.308. The van der Waals surface area contributed by atoms with Crippen molar-refractivity contribution >= 4 is 26.8 Å². The second-order valence-electron chi connectivity index (χ2n) is 4.28. The largest absolute Gasteiger partial charge is 0.361 e. The third kappa shape index (κ3) is 1.50. The predicted molar refractivity (Wildman–Crippen MR) is 70.4 cm³/mol. The van der Waals surface area contributed by atoms with Crippen molar-refractivity contribution < 1.29 is 0 Å². The molecule has 16 heavy (non-hydrogen) atoms. The van der Waals surface area contributed by atoms with Crippen LogP contribution >= 0.6 is 15.9 Å². The van der Waals surface area contributed by atoms with Crippen molar-refractivity contribution in [1.29, 1.82) is 0 Å². The molecule has 2 aromatic rings. The van der Waals surface area contributed by atoms with Gasteiger partial charge in [0.05, 0.1) is 11.0 Å². The van der Waals surface area contributed by atoms with E-state index in [0.29, 0.717) is 4.95 Å². The Labute approximate surface area is 104 Å². The molecule has 0 aliphatic carbocycles. The first kappa shape index (κ1) is 10.4. The van der Waals surface area contributed by atoms with Crippen LogP contribution in [0.3, 0.4) is 0 Å². The number of hydrogen-bond donors (Lipinski definition) is 1. The van der Waals surface area contributed by atoms with Crippen LogP contribution in [0, 0.1) is 6.04 Å². The van der Waals surface area contributed by atoms with E-state index < -0.39 is 0 Å². The molecule has 0 bridgehead atoms. The van der Waals surface area contributed by atoms with Gasteiger partial charge in [0.2, 0.25) is 0 Å². The summed E-state index contributed by atoms with van der Waals surface area (Å²) >= 11 is 3.69. The van der Waals surface area contributed by atoms with Gasteiger partial charge < -0.3 is 4.98 Å². The van der Waals surface area contributed by atoms with Crippen molar-refractivity contribution in [2.75, 3.05) is 7.05 Å². The Hall–Kier alpha value is -0.800. The lowest BCUT2D eigenvalue weighted by Crippen LogP contribution is -2.23. The second-order valence-corrected chi connectivity index (χ2v) is 5.34. The van der Waals surface area contributed by atoms with E-state index in [1.165, 1.54) is 28.9 Å². The van der Waals surface area contributed by atoms with Crippen LogP contribution in [0.5, 0.6) is 0 Å². The summed E-state index contributed by atoms with van der Waals surface area (Å²) in [7, 11) is 2.16. The number of rotatable bonds is 1. The summed E-state index contributed by atoms with van der Waals surface area (Å²) in [6.07, 6.45) is 4.46. The van der Waals surface area contributed by atoms with Crippen molar-refractivity contribution in [3.05, 3.63) is 42.1 Å². The van der Waals surface area contributed by atoms with Crippen LogP contribution in [0.4, 0.5) is 0 Å². The van der Waals surface area contributed by atoms with Crippen molar-refractivity contribution in [3.8, 4) is 0 Å².